The second kappa shape index (κ2) is 4.53. The van der Waals surface area contributed by atoms with E-state index in [1.165, 1.54) is 11.5 Å². The number of nitrogens with one attached hydrogen (secondary N) is 2. The molecule has 96 valence electrons. The van der Waals surface area contributed by atoms with Crippen molar-refractivity contribution >= 4 is 16.7 Å². The van der Waals surface area contributed by atoms with Crippen LogP contribution >= 0.6 is 11.5 Å². The average molecular weight is 254 g/mol. The van der Waals surface area contributed by atoms with E-state index in [-0.39, 0.29) is 11.0 Å². The zero-order chi connectivity index (χ0) is 12.5. The van der Waals surface area contributed by atoms with Gasteiger partial charge in [-0.15, -0.1) is 0 Å². The summed E-state index contributed by atoms with van der Waals surface area (Å²) in [4.78, 5) is 4.60. The molecule has 0 aliphatic carbocycles. The molecule has 0 atom stereocenters. The van der Waals surface area contributed by atoms with E-state index in [2.05, 4.69) is 47.7 Å². The fourth-order valence-electron chi connectivity index (χ4n) is 1.94. The molecule has 0 spiro atoms. The predicted octanol–water partition coefficient (Wildman–Crippen LogP) is 2.39. The lowest BCUT2D eigenvalue weighted by atomic mass is 9.91. The molecule has 0 unspecified atom stereocenters. The number of hydrogen-bond donors (Lipinski definition) is 2. The van der Waals surface area contributed by atoms with Gasteiger partial charge in [-0.25, -0.2) is 4.98 Å². The molecule has 2 rings (SSSR count). The van der Waals surface area contributed by atoms with E-state index in [9.17, 15) is 0 Å². The van der Waals surface area contributed by atoms with Crippen molar-refractivity contribution in [2.75, 3.05) is 18.4 Å². The van der Waals surface area contributed by atoms with Crippen molar-refractivity contribution in [2.24, 2.45) is 0 Å². The van der Waals surface area contributed by atoms with Crippen molar-refractivity contribution in [3.05, 3.63) is 5.82 Å². The van der Waals surface area contributed by atoms with Crippen molar-refractivity contribution in [1.29, 1.82) is 0 Å². The van der Waals surface area contributed by atoms with Gasteiger partial charge < -0.3 is 10.6 Å². The Labute approximate surface area is 107 Å². The highest BCUT2D eigenvalue weighted by Gasteiger charge is 2.28. The van der Waals surface area contributed by atoms with Gasteiger partial charge in [0.2, 0.25) is 5.13 Å². The van der Waals surface area contributed by atoms with Crippen LogP contribution in [0.25, 0.3) is 0 Å². The van der Waals surface area contributed by atoms with Crippen LogP contribution < -0.4 is 10.6 Å². The smallest absolute Gasteiger partial charge is 0.203 e. The van der Waals surface area contributed by atoms with Gasteiger partial charge in [-0.05, 0) is 32.9 Å². The minimum atomic E-state index is 0.0332. The molecule has 1 fully saturated rings. The zero-order valence-electron chi connectivity index (χ0n) is 11.1. The molecule has 0 radical (unpaired) electrons. The third kappa shape index (κ3) is 3.16. The van der Waals surface area contributed by atoms with Gasteiger partial charge in [0.25, 0.3) is 0 Å². The first-order valence-corrected chi connectivity index (χ1v) is 7.00. The number of hydrogen-bond acceptors (Lipinski definition) is 5. The van der Waals surface area contributed by atoms with Crippen LogP contribution in [0.15, 0.2) is 0 Å². The largest absolute Gasteiger partial charge is 0.355 e. The maximum atomic E-state index is 4.60. The molecule has 0 aromatic carbocycles. The van der Waals surface area contributed by atoms with Crippen molar-refractivity contribution < 1.29 is 0 Å². The zero-order valence-corrected chi connectivity index (χ0v) is 11.9. The fraction of sp³-hybridized carbons (Fsp3) is 0.833. The molecular formula is C12H22N4S. The van der Waals surface area contributed by atoms with E-state index < -0.39 is 0 Å². The number of anilines is 1. The summed E-state index contributed by atoms with van der Waals surface area (Å²) in [5.41, 5.74) is 0.200. The molecule has 1 aromatic heterocycles. The third-order valence-corrected chi connectivity index (χ3v) is 3.84. The average Bonchev–Trinajstić information content (AvgIpc) is 2.66. The van der Waals surface area contributed by atoms with E-state index in [0.717, 1.165) is 36.9 Å². The first-order chi connectivity index (χ1) is 7.89. The maximum Gasteiger partial charge on any atom is 0.203 e. The van der Waals surface area contributed by atoms with Gasteiger partial charge in [0.15, 0.2) is 0 Å². The Kier molecular flexibility index (Phi) is 3.41. The maximum absolute atomic E-state index is 4.60. The Balaban J connectivity index is 2.06. The number of aromatic nitrogens is 2. The van der Waals surface area contributed by atoms with Crippen LogP contribution in [0.5, 0.6) is 0 Å². The monoisotopic (exact) mass is 254 g/mol. The van der Waals surface area contributed by atoms with Crippen LogP contribution in [0, 0.1) is 0 Å². The topological polar surface area (TPSA) is 49.8 Å². The molecule has 1 aliphatic rings. The molecular weight excluding hydrogens is 232 g/mol. The Morgan fingerprint density at radius 3 is 2.47 bits per heavy atom. The lowest BCUT2D eigenvalue weighted by molar-refractivity contribution is 0.365. The summed E-state index contributed by atoms with van der Waals surface area (Å²) in [5, 5.41) is 7.89. The molecule has 17 heavy (non-hydrogen) atoms. The Bertz CT molecular complexity index is 374. The van der Waals surface area contributed by atoms with Crippen LogP contribution in [0.1, 0.15) is 46.4 Å². The van der Waals surface area contributed by atoms with Gasteiger partial charge >= 0.3 is 0 Å². The van der Waals surface area contributed by atoms with Crippen molar-refractivity contribution in [3.8, 4) is 0 Å². The van der Waals surface area contributed by atoms with Crippen LogP contribution in [-0.2, 0) is 5.41 Å². The van der Waals surface area contributed by atoms with E-state index in [0.29, 0.717) is 0 Å². The summed E-state index contributed by atoms with van der Waals surface area (Å²) in [6, 6.07) is 0. The molecule has 1 aliphatic heterocycles. The van der Waals surface area contributed by atoms with Crippen LogP contribution in [0.3, 0.4) is 0 Å². The molecule has 0 saturated carbocycles. The molecule has 0 amide bonds. The van der Waals surface area contributed by atoms with Crippen molar-refractivity contribution in [2.45, 2.75) is 51.5 Å². The van der Waals surface area contributed by atoms with Gasteiger partial charge in [0, 0.05) is 22.5 Å². The van der Waals surface area contributed by atoms with E-state index in [1.807, 2.05) is 0 Å². The third-order valence-electron chi connectivity index (χ3n) is 3.21. The minimum Gasteiger partial charge on any atom is -0.355 e. The molecule has 4 nitrogen and oxygen atoms in total. The molecule has 1 saturated heterocycles. The van der Waals surface area contributed by atoms with E-state index >= 15 is 0 Å². The Morgan fingerprint density at radius 2 is 1.94 bits per heavy atom. The fourth-order valence-corrected chi connectivity index (χ4v) is 2.85. The quantitative estimate of drug-likeness (QED) is 0.851. The molecule has 0 bridgehead atoms. The first kappa shape index (κ1) is 12.8. The van der Waals surface area contributed by atoms with Gasteiger partial charge in [-0.2, -0.15) is 4.37 Å². The predicted molar refractivity (Wildman–Crippen MR) is 72.7 cm³/mol. The normalized spacial score (nSPS) is 20.2. The van der Waals surface area contributed by atoms with Crippen molar-refractivity contribution in [3.63, 3.8) is 0 Å². The summed E-state index contributed by atoms with van der Waals surface area (Å²) in [5.74, 6) is 0.933. The summed E-state index contributed by atoms with van der Waals surface area (Å²) >= 11 is 1.48. The lowest BCUT2D eigenvalue weighted by Gasteiger charge is -2.34. The Morgan fingerprint density at radius 1 is 1.29 bits per heavy atom. The number of piperidine rings is 1. The molecule has 2 heterocycles. The van der Waals surface area contributed by atoms with E-state index in [4.69, 9.17) is 0 Å². The first-order valence-electron chi connectivity index (χ1n) is 6.22. The summed E-state index contributed by atoms with van der Waals surface area (Å²) < 4.78 is 4.44. The highest BCUT2D eigenvalue weighted by atomic mass is 32.1. The summed E-state index contributed by atoms with van der Waals surface area (Å²) in [6.07, 6.45) is 2.27. The van der Waals surface area contributed by atoms with Gasteiger partial charge in [-0.1, -0.05) is 20.8 Å². The SMILES string of the molecule is CC1(Nc2nc(C(C)(C)C)ns2)CCNCC1. The second-order valence-electron chi connectivity index (χ2n) is 6.11. The Hall–Kier alpha value is -0.680. The van der Waals surface area contributed by atoms with Crippen molar-refractivity contribution in [1.82, 2.24) is 14.7 Å². The highest BCUT2D eigenvalue weighted by molar-refractivity contribution is 7.09. The standard InChI is InChI=1S/C12H22N4S/c1-11(2,3)9-14-10(17-16-9)15-12(4)5-7-13-8-6-12/h13H,5-8H2,1-4H3,(H,14,15,16). The summed E-state index contributed by atoms with van der Waals surface area (Å²) in [6.45, 7) is 10.9. The van der Waals surface area contributed by atoms with E-state index in [1.54, 1.807) is 0 Å². The van der Waals surface area contributed by atoms with Crippen LogP contribution in [0.2, 0.25) is 0 Å². The van der Waals surface area contributed by atoms with Crippen LogP contribution in [0.4, 0.5) is 5.13 Å². The molecule has 2 N–H and O–H groups in total. The molecule has 1 aromatic rings. The number of nitrogens with zero attached hydrogens (tertiary/aromatic N) is 2. The minimum absolute atomic E-state index is 0.0332. The lowest BCUT2D eigenvalue weighted by Crippen LogP contribution is -2.45. The van der Waals surface area contributed by atoms with Gasteiger partial charge in [-0.3, -0.25) is 0 Å². The number of rotatable bonds is 2. The summed E-state index contributed by atoms with van der Waals surface area (Å²) in [7, 11) is 0. The highest BCUT2D eigenvalue weighted by Crippen LogP contribution is 2.27. The van der Waals surface area contributed by atoms with Gasteiger partial charge in [0.05, 0.1) is 0 Å². The second-order valence-corrected chi connectivity index (χ2v) is 6.86. The van der Waals surface area contributed by atoms with Gasteiger partial charge in [0.1, 0.15) is 5.82 Å². The molecule has 5 heteroatoms. The van der Waals surface area contributed by atoms with Crippen LogP contribution in [-0.4, -0.2) is 28.0 Å².